The van der Waals surface area contributed by atoms with E-state index in [9.17, 15) is 9.18 Å². The lowest BCUT2D eigenvalue weighted by atomic mass is 10.0. The standard InChI is InChI=1S/C19H18ClFN4OS/c1-11-15(13-3-5-14(21)6-4-13)16-17(22-19(20)23-18(16)27-11)25-9-7-24(8-10-25)12(2)26/h3-6H,7-10H2,1-2H3. The molecule has 1 saturated heterocycles. The van der Waals surface area contributed by atoms with Crippen molar-refractivity contribution < 1.29 is 9.18 Å². The average molecular weight is 405 g/mol. The van der Waals surface area contributed by atoms with Crippen LogP contribution in [0.5, 0.6) is 0 Å². The summed E-state index contributed by atoms with van der Waals surface area (Å²) in [6.45, 7) is 6.27. The molecule has 0 N–H and O–H groups in total. The van der Waals surface area contributed by atoms with Gasteiger partial charge in [0.25, 0.3) is 0 Å². The Kier molecular flexibility index (Phi) is 4.74. The molecule has 1 aliphatic heterocycles. The van der Waals surface area contributed by atoms with E-state index in [-0.39, 0.29) is 17.0 Å². The summed E-state index contributed by atoms with van der Waals surface area (Å²) >= 11 is 7.75. The van der Waals surface area contributed by atoms with Crippen LogP contribution in [-0.2, 0) is 4.79 Å². The van der Waals surface area contributed by atoms with Gasteiger partial charge in [0.05, 0.1) is 5.39 Å². The summed E-state index contributed by atoms with van der Waals surface area (Å²) in [6, 6.07) is 6.46. The molecule has 0 spiro atoms. The van der Waals surface area contributed by atoms with Crippen molar-refractivity contribution in [2.24, 2.45) is 0 Å². The van der Waals surface area contributed by atoms with Crippen molar-refractivity contribution in [2.45, 2.75) is 13.8 Å². The number of halogens is 2. The van der Waals surface area contributed by atoms with E-state index in [4.69, 9.17) is 11.6 Å². The predicted molar refractivity (Wildman–Crippen MR) is 107 cm³/mol. The number of benzene rings is 1. The Morgan fingerprint density at radius 3 is 2.44 bits per heavy atom. The van der Waals surface area contributed by atoms with Gasteiger partial charge >= 0.3 is 0 Å². The third-order valence-electron chi connectivity index (χ3n) is 4.84. The minimum atomic E-state index is -0.268. The Morgan fingerprint density at radius 2 is 1.81 bits per heavy atom. The number of thiophene rings is 1. The van der Waals surface area contributed by atoms with Crippen LogP contribution in [0.4, 0.5) is 10.2 Å². The van der Waals surface area contributed by atoms with Crippen molar-refractivity contribution >= 4 is 44.9 Å². The van der Waals surface area contributed by atoms with Gasteiger partial charge in [-0.3, -0.25) is 4.79 Å². The molecule has 4 rings (SSSR count). The molecule has 140 valence electrons. The Labute approximate surface area is 165 Å². The number of fused-ring (bicyclic) bond motifs is 1. The first-order valence-corrected chi connectivity index (χ1v) is 9.86. The first kappa shape index (κ1) is 18.1. The van der Waals surface area contributed by atoms with E-state index in [1.807, 2.05) is 11.8 Å². The maximum Gasteiger partial charge on any atom is 0.225 e. The molecule has 3 aromatic rings. The fourth-order valence-corrected chi connectivity index (χ4v) is 4.75. The average Bonchev–Trinajstić information content (AvgIpc) is 2.97. The number of hydrogen-bond donors (Lipinski definition) is 0. The SMILES string of the molecule is CC(=O)N1CCN(c2nc(Cl)nc3sc(C)c(-c4ccc(F)cc4)c23)CC1. The highest BCUT2D eigenvalue weighted by Crippen LogP contribution is 2.42. The van der Waals surface area contributed by atoms with Crippen LogP contribution in [0.25, 0.3) is 21.3 Å². The minimum absolute atomic E-state index is 0.0823. The van der Waals surface area contributed by atoms with Gasteiger partial charge in [0.15, 0.2) is 0 Å². The molecule has 1 amide bonds. The molecule has 1 fully saturated rings. The zero-order valence-corrected chi connectivity index (χ0v) is 16.6. The highest BCUT2D eigenvalue weighted by molar-refractivity contribution is 7.19. The molecule has 0 atom stereocenters. The van der Waals surface area contributed by atoms with Crippen molar-refractivity contribution in [1.29, 1.82) is 0 Å². The van der Waals surface area contributed by atoms with Crippen molar-refractivity contribution in [3.63, 3.8) is 0 Å². The molecule has 1 aromatic carbocycles. The largest absolute Gasteiger partial charge is 0.352 e. The molecule has 8 heteroatoms. The molecular weight excluding hydrogens is 387 g/mol. The number of rotatable bonds is 2. The van der Waals surface area contributed by atoms with E-state index < -0.39 is 0 Å². The topological polar surface area (TPSA) is 49.3 Å². The predicted octanol–water partition coefficient (Wildman–Crippen LogP) is 4.13. The Bertz CT molecular complexity index is 1010. The molecule has 3 heterocycles. The lowest BCUT2D eigenvalue weighted by Crippen LogP contribution is -2.48. The van der Waals surface area contributed by atoms with E-state index in [0.717, 1.165) is 32.0 Å². The minimum Gasteiger partial charge on any atom is -0.352 e. The lowest BCUT2D eigenvalue weighted by Gasteiger charge is -2.35. The molecular formula is C19H18ClFN4OS. The summed E-state index contributed by atoms with van der Waals surface area (Å²) in [4.78, 5) is 26.4. The molecule has 0 unspecified atom stereocenters. The maximum absolute atomic E-state index is 13.4. The van der Waals surface area contributed by atoms with Crippen molar-refractivity contribution in [3.8, 4) is 11.1 Å². The van der Waals surface area contributed by atoms with Gasteiger partial charge in [-0.1, -0.05) is 12.1 Å². The first-order chi connectivity index (χ1) is 12.9. The number of carbonyl (C=O) groups is 1. The molecule has 0 aliphatic carbocycles. The Morgan fingerprint density at radius 1 is 1.15 bits per heavy atom. The number of aryl methyl sites for hydroxylation is 1. The molecule has 0 radical (unpaired) electrons. The third kappa shape index (κ3) is 3.37. The van der Waals surface area contributed by atoms with E-state index in [2.05, 4.69) is 14.9 Å². The van der Waals surface area contributed by atoms with Gasteiger partial charge in [-0.2, -0.15) is 4.98 Å². The number of carbonyl (C=O) groups excluding carboxylic acids is 1. The van der Waals surface area contributed by atoms with Crippen LogP contribution < -0.4 is 4.90 Å². The van der Waals surface area contributed by atoms with Crippen LogP contribution in [0.15, 0.2) is 24.3 Å². The number of piperazine rings is 1. The van der Waals surface area contributed by atoms with Gasteiger partial charge in [0.1, 0.15) is 16.5 Å². The van der Waals surface area contributed by atoms with Gasteiger partial charge < -0.3 is 9.80 Å². The molecule has 0 bridgehead atoms. The molecule has 5 nitrogen and oxygen atoms in total. The molecule has 27 heavy (non-hydrogen) atoms. The fourth-order valence-electron chi connectivity index (χ4n) is 3.49. The van der Waals surface area contributed by atoms with Gasteiger partial charge in [-0.05, 0) is 36.2 Å². The van der Waals surface area contributed by atoms with Crippen molar-refractivity contribution in [3.05, 3.63) is 40.2 Å². The van der Waals surface area contributed by atoms with E-state index in [1.165, 1.54) is 12.1 Å². The normalized spacial score (nSPS) is 14.8. The van der Waals surface area contributed by atoms with Gasteiger partial charge in [0.2, 0.25) is 11.2 Å². The summed E-state index contributed by atoms with van der Waals surface area (Å²) in [6.07, 6.45) is 0. The van der Waals surface area contributed by atoms with E-state index in [1.54, 1.807) is 30.4 Å². The monoisotopic (exact) mass is 404 g/mol. The molecule has 1 aliphatic rings. The first-order valence-electron chi connectivity index (χ1n) is 8.67. The van der Waals surface area contributed by atoms with E-state index in [0.29, 0.717) is 26.2 Å². The maximum atomic E-state index is 13.4. The van der Waals surface area contributed by atoms with Crippen LogP contribution in [0.1, 0.15) is 11.8 Å². The zero-order chi connectivity index (χ0) is 19.1. The highest BCUT2D eigenvalue weighted by Gasteiger charge is 2.25. The second-order valence-electron chi connectivity index (χ2n) is 6.53. The summed E-state index contributed by atoms with van der Waals surface area (Å²) in [5.41, 5.74) is 1.94. The van der Waals surface area contributed by atoms with Crippen molar-refractivity contribution in [1.82, 2.24) is 14.9 Å². The van der Waals surface area contributed by atoms with Gasteiger partial charge in [-0.25, -0.2) is 9.37 Å². The summed E-state index contributed by atoms with van der Waals surface area (Å²) in [5, 5.41) is 1.14. The van der Waals surface area contributed by atoms with Gasteiger partial charge in [0, 0.05) is 43.5 Å². The lowest BCUT2D eigenvalue weighted by molar-refractivity contribution is -0.129. The van der Waals surface area contributed by atoms with Crippen LogP contribution in [0.3, 0.4) is 0 Å². The highest BCUT2D eigenvalue weighted by atomic mass is 35.5. The second kappa shape index (κ2) is 7.05. The van der Waals surface area contributed by atoms with Crippen LogP contribution in [0.2, 0.25) is 5.28 Å². The van der Waals surface area contributed by atoms with Crippen molar-refractivity contribution in [2.75, 3.05) is 31.1 Å². The fraction of sp³-hybridized carbons (Fsp3) is 0.316. The Hall–Kier alpha value is -2.25. The van der Waals surface area contributed by atoms with Gasteiger partial charge in [-0.15, -0.1) is 11.3 Å². The summed E-state index contributed by atoms with van der Waals surface area (Å²) in [7, 11) is 0. The molecule has 2 aromatic heterocycles. The smallest absolute Gasteiger partial charge is 0.225 e. The number of aromatic nitrogens is 2. The Balaban J connectivity index is 1.83. The van der Waals surface area contributed by atoms with Crippen LogP contribution in [-0.4, -0.2) is 47.0 Å². The number of nitrogens with zero attached hydrogens (tertiary/aromatic N) is 4. The van der Waals surface area contributed by atoms with E-state index >= 15 is 0 Å². The van der Waals surface area contributed by atoms with Crippen LogP contribution >= 0.6 is 22.9 Å². The second-order valence-corrected chi connectivity index (χ2v) is 8.07. The number of hydrogen-bond acceptors (Lipinski definition) is 5. The molecule has 0 saturated carbocycles. The summed E-state index contributed by atoms with van der Waals surface area (Å²) < 4.78 is 13.4. The zero-order valence-electron chi connectivity index (χ0n) is 15.0. The summed E-state index contributed by atoms with van der Waals surface area (Å²) in [5.74, 6) is 0.589. The third-order valence-corrected chi connectivity index (χ3v) is 6.01. The number of amides is 1. The number of anilines is 1. The van der Waals surface area contributed by atoms with Crippen LogP contribution in [0, 0.1) is 12.7 Å². The quantitative estimate of drug-likeness (QED) is 0.602.